The number of nitrogens with one attached hydrogen (secondary N) is 2. The third-order valence-corrected chi connectivity index (χ3v) is 5.81. The molecular weight excluding hydrogens is 472 g/mol. The fourth-order valence-corrected chi connectivity index (χ4v) is 2.06. The molecule has 9 heteroatoms. The smallest absolute Gasteiger partial charge is 0.191 e. The van der Waals surface area contributed by atoms with Gasteiger partial charge in [-0.1, -0.05) is 0 Å². The summed E-state index contributed by atoms with van der Waals surface area (Å²) in [5.41, 5.74) is 0. The van der Waals surface area contributed by atoms with Gasteiger partial charge >= 0.3 is 0 Å². The maximum absolute atomic E-state index is 12.9. The molecule has 1 aromatic rings. The third-order valence-electron chi connectivity index (χ3n) is 3.67. The van der Waals surface area contributed by atoms with Crippen molar-refractivity contribution >= 4 is 39.8 Å². The first kappa shape index (κ1) is 24.9. The molecule has 0 saturated heterocycles. The average molecular weight is 501 g/mol. The zero-order valence-electron chi connectivity index (χ0n) is 15.9. The third kappa shape index (κ3) is 8.52. The van der Waals surface area contributed by atoms with Crippen molar-refractivity contribution in [2.45, 2.75) is 38.5 Å². The number of nitrogens with zero attached hydrogens (tertiary/aromatic N) is 1. The predicted octanol–water partition coefficient (Wildman–Crippen LogP) is 2.59. The molecule has 150 valence electrons. The van der Waals surface area contributed by atoms with Crippen molar-refractivity contribution in [3.63, 3.8) is 0 Å². The topological polar surface area (TPSA) is 79.8 Å². The van der Waals surface area contributed by atoms with Gasteiger partial charge in [-0.25, -0.2) is 12.8 Å². The minimum absolute atomic E-state index is 0. The molecular formula is C17H29FIN3O3S. The van der Waals surface area contributed by atoms with E-state index in [1.165, 1.54) is 18.4 Å². The van der Waals surface area contributed by atoms with Crippen LogP contribution < -0.4 is 15.4 Å². The summed E-state index contributed by atoms with van der Waals surface area (Å²) in [6.45, 7) is 8.36. The molecule has 1 unspecified atom stereocenters. The lowest BCUT2D eigenvalue weighted by molar-refractivity contribution is 0.223. The van der Waals surface area contributed by atoms with Crippen molar-refractivity contribution in [2.75, 3.05) is 25.9 Å². The molecule has 0 heterocycles. The minimum Gasteiger partial charge on any atom is -0.489 e. The van der Waals surface area contributed by atoms with Crippen molar-refractivity contribution < 1.29 is 17.5 Å². The van der Waals surface area contributed by atoms with E-state index in [4.69, 9.17) is 4.74 Å². The van der Waals surface area contributed by atoms with Crippen LogP contribution in [0.2, 0.25) is 0 Å². The quantitative estimate of drug-likeness (QED) is 0.325. The van der Waals surface area contributed by atoms with Crippen LogP contribution in [0.5, 0.6) is 5.75 Å². The summed E-state index contributed by atoms with van der Waals surface area (Å²) < 4.78 is 41.2. The largest absolute Gasteiger partial charge is 0.489 e. The van der Waals surface area contributed by atoms with Crippen LogP contribution in [0.3, 0.4) is 0 Å². The van der Waals surface area contributed by atoms with Crippen LogP contribution in [-0.4, -0.2) is 51.1 Å². The van der Waals surface area contributed by atoms with Gasteiger partial charge in [0.1, 0.15) is 17.7 Å². The molecule has 2 N–H and O–H groups in total. The molecule has 1 aromatic carbocycles. The fraction of sp³-hybridized carbons (Fsp3) is 0.588. The Morgan fingerprint density at radius 2 is 1.85 bits per heavy atom. The highest BCUT2D eigenvalue weighted by atomic mass is 127. The highest BCUT2D eigenvalue weighted by Crippen LogP contribution is 2.15. The molecule has 1 atom stereocenters. The van der Waals surface area contributed by atoms with E-state index in [2.05, 4.69) is 15.6 Å². The van der Waals surface area contributed by atoms with Crippen molar-refractivity contribution in [3.8, 4) is 5.75 Å². The van der Waals surface area contributed by atoms with Crippen molar-refractivity contribution in [2.24, 2.45) is 4.99 Å². The van der Waals surface area contributed by atoms with Gasteiger partial charge in [0, 0.05) is 12.8 Å². The average Bonchev–Trinajstić information content (AvgIpc) is 2.51. The lowest BCUT2D eigenvalue weighted by Gasteiger charge is -2.22. The molecule has 0 spiro atoms. The van der Waals surface area contributed by atoms with E-state index in [-0.39, 0.29) is 42.4 Å². The number of hydrogen-bond acceptors (Lipinski definition) is 4. The Labute approximate surface area is 172 Å². The van der Waals surface area contributed by atoms with Gasteiger partial charge in [-0.3, -0.25) is 4.99 Å². The lowest BCUT2D eigenvalue weighted by Crippen LogP contribution is -2.43. The van der Waals surface area contributed by atoms with Crippen molar-refractivity contribution in [1.82, 2.24) is 10.6 Å². The molecule has 0 aliphatic rings. The van der Waals surface area contributed by atoms with Gasteiger partial charge in [-0.05, 0) is 52.0 Å². The number of hydrogen-bond donors (Lipinski definition) is 2. The van der Waals surface area contributed by atoms with Crippen LogP contribution in [0.4, 0.5) is 4.39 Å². The van der Waals surface area contributed by atoms with Gasteiger partial charge in [-0.2, -0.15) is 0 Å². The zero-order valence-corrected chi connectivity index (χ0v) is 19.0. The minimum atomic E-state index is -3.21. The van der Waals surface area contributed by atoms with Crippen LogP contribution in [0.1, 0.15) is 27.7 Å². The standard InChI is InChI=1S/C17H28FN3O3S.HI/c1-6-19-16(21-12-17(3,4)25(5,22)23)20-11-13(2)24-15-9-7-14(18)8-10-15;/h7-10,13H,6,11-12H2,1-5H3,(H2,19,20,21);1H. The molecule has 1 rings (SSSR count). The molecule has 0 saturated carbocycles. The van der Waals surface area contributed by atoms with Gasteiger partial charge in [0.2, 0.25) is 0 Å². The second kappa shape index (κ2) is 10.9. The normalized spacial score (nSPS) is 13.5. The van der Waals surface area contributed by atoms with E-state index in [0.29, 0.717) is 24.8 Å². The first-order valence-corrected chi connectivity index (χ1v) is 10.1. The predicted molar refractivity (Wildman–Crippen MR) is 115 cm³/mol. The van der Waals surface area contributed by atoms with Gasteiger partial charge in [0.25, 0.3) is 0 Å². The van der Waals surface area contributed by atoms with E-state index in [1.807, 2.05) is 13.8 Å². The van der Waals surface area contributed by atoms with Gasteiger partial charge in [-0.15, -0.1) is 24.0 Å². The summed E-state index contributed by atoms with van der Waals surface area (Å²) in [6.07, 6.45) is 1.03. The van der Waals surface area contributed by atoms with Crippen LogP contribution in [0, 0.1) is 5.82 Å². The van der Waals surface area contributed by atoms with E-state index in [1.54, 1.807) is 26.0 Å². The molecule has 0 amide bonds. The Hall–Kier alpha value is -1.10. The van der Waals surface area contributed by atoms with Crippen molar-refractivity contribution in [1.29, 1.82) is 0 Å². The SMILES string of the molecule is CCNC(=NCC(C)(C)S(C)(=O)=O)NCC(C)Oc1ccc(F)cc1.I. The number of halogens is 2. The van der Waals surface area contributed by atoms with E-state index < -0.39 is 14.6 Å². The van der Waals surface area contributed by atoms with Crippen LogP contribution in [0.25, 0.3) is 0 Å². The maximum atomic E-state index is 12.9. The first-order valence-electron chi connectivity index (χ1n) is 8.19. The molecule has 6 nitrogen and oxygen atoms in total. The Kier molecular flexibility index (Phi) is 10.4. The summed E-state index contributed by atoms with van der Waals surface area (Å²) in [7, 11) is -3.21. The fourth-order valence-electron chi connectivity index (χ4n) is 1.76. The van der Waals surface area contributed by atoms with Gasteiger partial charge in [0.15, 0.2) is 15.8 Å². The summed E-state index contributed by atoms with van der Waals surface area (Å²) in [4.78, 5) is 4.35. The second-order valence-electron chi connectivity index (χ2n) is 6.49. The first-order chi connectivity index (χ1) is 11.5. The Bertz CT molecular complexity index is 679. The molecule has 0 bridgehead atoms. The van der Waals surface area contributed by atoms with Crippen LogP contribution in [-0.2, 0) is 9.84 Å². The summed E-state index contributed by atoms with van der Waals surface area (Å²) in [6, 6.07) is 5.82. The Balaban J connectivity index is 0.00000625. The van der Waals surface area contributed by atoms with Crippen LogP contribution in [0.15, 0.2) is 29.3 Å². The highest BCUT2D eigenvalue weighted by Gasteiger charge is 2.29. The molecule has 26 heavy (non-hydrogen) atoms. The monoisotopic (exact) mass is 501 g/mol. The number of rotatable bonds is 8. The molecule has 0 fully saturated rings. The number of aliphatic imine (C=N–C) groups is 1. The van der Waals surface area contributed by atoms with E-state index >= 15 is 0 Å². The van der Waals surface area contributed by atoms with Gasteiger partial charge < -0.3 is 15.4 Å². The number of benzene rings is 1. The number of sulfone groups is 1. The van der Waals surface area contributed by atoms with E-state index in [9.17, 15) is 12.8 Å². The second-order valence-corrected chi connectivity index (χ2v) is 9.14. The Morgan fingerprint density at radius 3 is 2.35 bits per heavy atom. The molecule has 0 aliphatic carbocycles. The molecule has 0 radical (unpaired) electrons. The Morgan fingerprint density at radius 1 is 1.27 bits per heavy atom. The zero-order chi connectivity index (χ0) is 19.1. The summed E-state index contributed by atoms with van der Waals surface area (Å²) >= 11 is 0. The van der Waals surface area contributed by atoms with Gasteiger partial charge in [0.05, 0.1) is 17.8 Å². The number of ether oxygens (including phenoxy) is 1. The highest BCUT2D eigenvalue weighted by molar-refractivity contribution is 14.0. The molecule has 0 aromatic heterocycles. The van der Waals surface area contributed by atoms with Crippen molar-refractivity contribution in [3.05, 3.63) is 30.1 Å². The number of guanidine groups is 1. The van der Waals surface area contributed by atoms with E-state index in [0.717, 1.165) is 0 Å². The summed E-state index contributed by atoms with van der Waals surface area (Å²) in [5, 5.41) is 6.19. The maximum Gasteiger partial charge on any atom is 0.191 e. The summed E-state index contributed by atoms with van der Waals surface area (Å²) in [5.74, 6) is 0.790. The lowest BCUT2D eigenvalue weighted by atomic mass is 10.2. The molecule has 0 aliphatic heterocycles. The van der Waals surface area contributed by atoms with Crippen LogP contribution >= 0.6 is 24.0 Å².